The molecule has 3 heterocycles. The van der Waals surface area contributed by atoms with E-state index in [-0.39, 0.29) is 30.7 Å². The molecule has 0 bridgehead atoms. The minimum atomic E-state index is -1.88. The van der Waals surface area contributed by atoms with Gasteiger partial charge in [-0.25, -0.2) is 0 Å². The summed E-state index contributed by atoms with van der Waals surface area (Å²) in [4.78, 5) is 0. The Morgan fingerprint density at radius 2 is 1.02 bits per heavy atom. The molecule has 3 aliphatic rings. The van der Waals surface area contributed by atoms with Gasteiger partial charge in [0.05, 0.1) is 26.4 Å². The first kappa shape index (κ1) is 40.7. The molecule has 0 radical (unpaired) electrons. The molecular weight excluding hydrogens is 632 g/mol. The zero-order valence-electron chi connectivity index (χ0n) is 27.6. The van der Waals surface area contributed by atoms with Crippen LogP contribution in [0.3, 0.4) is 0 Å². The van der Waals surface area contributed by atoms with Crippen molar-refractivity contribution >= 4 is 0 Å². The summed E-state index contributed by atoms with van der Waals surface area (Å²) in [7, 11) is 1.32. The van der Waals surface area contributed by atoms with Crippen LogP contribution in [0.4, 0.5) is 0 Å². The van der Waals surface area contributed by atoms with Gasteiger partial charge in [-0.2, -0.15) is 0 Å². The maximum absolute atomic E-state index is 11.2. The highest BCUT2D eigenvalue weighted by Crippen LogP contribution is 2.39. The van der Waals surface area contributed by atoms with Crippen LogP contribution in [0.2, 0.25) is 0 Å². The lowest BCUT2D eigenvalue weighted by Crippen LogP contribution is -2.67. The molecule has 3 aliphatic heterocycles. The van der Waals surface area contributed by atoms with E-state index in [9.17, 15) is 51.1 Å². The summed E-state index contributed by atoms with van der Waals surface area (Å²) >= 11 is 0. The van der Waals surface area contributed by atoms with Crippen LogP contribution in [0.25, 0.3) is 0 Å². The average molecular weight is 689 g/mol. The van der Waals surface area contributed by atoms with Gasteiger partial charge in [-0.3, -0.25) is 0 Å². The van der Waals surface area contributed by atoms with E-state index in [2.05, 4.69) is 13.8 Å². The van der Waals surface area contributed by atoms with Crippen molar-refractivity contribution in [2.75, 3.05) is 40.1 Å². The van der Waals surface area contributed by atoms with Crippen LogP contribution in [-0.4, -0.2) is 183 Å². The number of aliphatic hydroxyl groups is 10. The van der Waals surface area contributed by atoms with E-state index < -0.39 is 105 Å². The lowest BCUT2D eigenvalue weighted by Gasteiger charge is -2.48. The highest BCUT2D eigenvalue weighted by molar-refractivity contribution is 4.96. The first-order valence-corrected chi connectivity index (χ1v) is 16.0. The topological polar surface area (TPSA) is 267 Å². The van der Waals surface area contributed by atoms with Gasteiger partial charge >= 0.3 is 0 Å². The molecule has 0 aliphatic carbocycles. The Bertz CT molecular complexity index is 925. The summed E-state index contributed by atoms with van der Waals surface area (Å²) in [6, 6.07) is 0. The lowest BCUT2D eigenvalue weighted by atomic mass is 9.72. The largest absolute Gasteiger partial charge is 0.396 e. The summed E-state index contributed by atoms with van der Waals surface area (Å²) < 4.78 is 39.0. The van der Waals surface area contributed by atoms with Gasteiger partial charge in [0, 0.05) is 13.7 Å². The SMILES string of the molecule is COCC1OC(OC2C(O)C(CO)OC(OC3C(O)C(CO)OC(OCCC(C)(C)CC(C)(C)CCO)C3O)C2O)C(O)C(O)C1O. The molecule has 278 valence electrons. The van der Waals surface area contributed by atoms with Crippen molar-refractivity contribution in [1.82, 2.24) is 0 Å². The minimum absolute atomic E-state index is 0.0661. The van der Waals surface area contributed by atoms with Gasteiger partial charge in [0.15, 0.2) is 18.9 Å². The minimum Gasteiger partial charge on any atom is -0.396 e. The third-order valence-corrected chi connectivity index (χ3v) is 9.03. The van der Waals surface area contributed by atoms with Crippen molar-refractivity contribution in [3.63, 3.8) is 0 Å². The predicted octanol–water partition coefficient (Wildman–Crippen LogP) is -3.68. The van der Waals surface area contributed by atoms with Crippen molar-refractivity contribution in [3.05, 3.63) is 0 Å². The van der Waals surface area contributed by atoms with Crippen LogP contribution >= 0.6 is 0 Å². The van der Waals surface area contributed by atoms with Crippen molar-refractivity contribution in [2.24, 2.45) is 10.8 Å². The van der Waals surface area contributed by atoms with Crippen LogP contribution in [0.5, 0.6) is 0 Å². The molecule has 47 heavy (non-hydrogen) atoms. The van der Waals surface area contributed by atoms with Crippen molar-refractivity contribution in [2.45, 2.75) is 139 Å². The van der Waals surface area contributed by atoms with Gasteiger partial charge in [-0.1, -0.05) is 27.7 Å². The molecule has 0 spiro atoms. The number of methoxy groups -OCH3 is 1. The van der Waals surface area contributed by atoms with Crippen LogP contribution in [0.1, 0.15) is 47.0 Å². The molecule has 3 rings (SSSR count). The zero-order valence-corrected chi connectivity index (χ0v) is 27.6. The quantitative estimate of drug-likeness (QED) is 0.0748. The Labute approximate surface area is 274 Å². The number of aliphatic hydroxyl groups excluding tert-OH is 10. The summed E-state index contributed by atoms with van der Waals surface area (Å²) in [6.45, 7) is 6.74. The lowest BCUT2D eigenvalue weighted by molar-refractivity contribution is -0.381. The first-order valence-electron chi connectivity index (χ1n) is 16.0. The van der Waals surface area contributed by atoms with Crippen molar-refractivity contribution in [3.8, 4) is 0 Å². The number of hydrogen-bond acceptors (Lipinski definition) is 17. The predicted molar refractivity (Wildman–Crippen MR) is 158 cm³/mol. The third-order valence-electron chi connectivity index (χ3n) is 9.03. The van der Waals surface area contributed by atoms with Crippen molar-refractivity contribution in [1.29, 1.82) is 0 Å². The Kier molecular flexibility index (Phi) is 15.2. The van der Waals surface area contributed by atoms with E-state index in [1.54, 1.807) is 0 Å². The van der Waals surface area contributed by atoms with Crippen molar-refractivity contribution < 1.29 is 84.2 Å². The molecule has 0 aromatic carbocycles. The second-order valence-corrected chi connectivity index (χ2v) is 14.2. The molecule has 10 N–H and O–H groups in total. The van der Waals surface area contributed by atoms with Gasteiger partial charge in [-0.15, -0.1) is 0 Å². The maximum atomic E-state index is 11.2. The molecule has 3 fully saturated rings. The molecule has 0 aromatic heterocycles. The zero-order chi connectivity index (χ0) is 35.3. The molecule has 17 nitrogen and oxygen atoms in total. The van der Waals surface area contributed by atoms with Gasteiger partial charge in [0.2, 0.25) is 0 Å². The summed E-state index contributed by atoms with van der Waals surface area (Å²) in [6.07, 6.45) is -22.0. The molecule has 0 saturated carbocycles. The fourth-order valence-corrected chi connectivity index (χ4v) is 6.54. The Hall–Kier alpha value is -0.680. The molecule has 3 saturated heterocycles. The molecule has 0 amide bonds. The summed E-state index contributed by atoms with van der Waals surface area (Å²) in [5, 5.41) is 104. The number of hydrogen-bond donors (Lipinski definition) is 10. The Balaban J connectivity index is 1.73. The van der Waals surface area contributed by atoms with Gasteiger partial charge in [-0.05, 0) is 30.1 Å². The molecular formula is C30H56O17. The monoisotopic (exact) mass is 688 g/mol. The first-order chi connectivity index (χ1) is 22.0. The van der Waals surface area contributed by atoms with Gasteiger partial charge < -0.3 is 84.2 Å². The highest BCUT2D eigenvalue weighted by atomic mass is 16.8. The molecule has 0 aromatic rings. The van der Waals surface area contributed by atoms with Crippen LogP contribution in [0.15, 0.2) is 0 Å². The summed E-state index contributed by atoms with van der Waals surface area (Å²) in [5.41, 5.74) is -0.340. The smallest absolute Gasteiger partial charge is 0.187 e. The summed E-state index contributed by atoms with van der Waals surface area (Å²) in [5.74, 6) is 0. The molecule has 17 heteroatoms. The van der Waals surface area contributed by atoms with E-state index in [0.29, 0.717) is 12.8 Å². The fraction of sp³-hybridized carbons (Fsp3) is 1.00. The van der Waals surface area contributed by atoms with E-state index in [1.807, 2.05) is 13.8 Å². The number of rotatable bonds is 16. The normalized spacial score (nSPS) is 42.1. The van der Waals surface area contributed by atoms with Crippen LogP contribution in [0, 0.1) is 10.8 Å². The second-order valence-electron chi connectivity index (χ2n) is 14.2. The van der Waals surface area contributed by atoms with Crippen LogP contribution in [-0.2, 0) is 33.2 Å². The third kappa shape index (κ3) is 10.2. The van der Waals surface area contributed by atoms with E-state index in [1.165, 1.54) is 7.11 Å². The number of ether oxygens (including phenoxy) is 7. The van der Waals surface area contributed by atoms with Gasteiger partial charge in [0.25, 0.3) is 0 Å². The second kappa shape index (κ2) is 17.5. The van der Waals surface area contributed by atoms with E-state index in [0.717, 1.165) is 6.42 Å². The maximum Gasteiger partial charge on any atom is 0.187 e. The average Bonchev–Trinajstić information content (AvgIpc) is 2.99. The van der Waals surface area contributed by atoms with Gasteiger partial charge in [0.1, 0.15) is 73.2 Å². The molecule has 15 unspecified atom stereocenters. The van der Waals surface area contributed by atoms with E-state index in [4.69, 9.17) is 33.2 Å². The molecule has 15 atom stereocenters. The highest BCUT2D eigenvalue weighted by Gasteiger charge is 2.54. The Morgan fingerprint density at radius 1 is 0.553 bits per heavy atom. The Morgan fingerprint density at radius 3 is 1.53 bits per heavy atom. The standard InChI is InChI=1S/C30H56O17/c1-29(2,6-8-31)13-30(3,4)7-9-42-26-22(39)24(18(35)14(10-32)43-26)47-28-23(40)25(19(36)15(11-33)44-28)46-27-21(38)20(37)17(34)16(45-27)12-41-5/h14-28,31-40H,6-13H2,1-5H3. The van der Waals surface area contributed by atoms with E-state index >= 15 is 0 Å². The fourth-order valence-electron chi connectivity index (χ4n) is 6.54. The van der Waals surface area contributed by atoms with Crippen LogP contribution < -0.4 is 0 Å².